The summed E-state index contributed by atoms with van der Waals surface area (Å²) in [6.07, 6.45) is -9.61. The molecule has 0 amide bonds. The van der Waals surface area contributed by atoms with E-state index in [1.807, 2.05) is 30.3 Å². The molecule has 3 rings (SSSR count). The van der Waals surface area contributed by atoms with Gasteiger partial charge < -0.3 is 4.74 Å². The number of nitro groups is 1. The second kappa shape index (κ2) is 9.20. The summed E-state index contributed by atoms with van der Waals surface area (Å²) in [4.78, 5) is 11.2. The Bertz CT molecular complexity index is 979. The molecule has 0 heterocycles. The van der Waals surface area contributed by atoms with Gasteiger partial charge in [0.1, 0.15) is 0 Å². The van der Waals surface area contributed by atoms with Crippen LogP contribution in [0.1, 0.15) is 67.9 Å². The molecular formula is C24H25F6NO3. The largest absolute Gasteiger partial charge is 0.416 e. The van der Waals surface area contributed by atoms with E-state index in [4.69, 9.17) is 4.74 Å². The summed E-state index contributed by atoms with van der Waals surface area (Å²) in [5, 5.41) is 11.5. The minimum atomic E-state index is -4.95. The molecule has 0 unspecified atom stereocenters. The van der Waals surface area contributed by atoms with Crippen molar-refractivity contribution in [3.63, 3.8) is 0 Å². The van der Waals surface area contributed by atoms with Crippen molar-refractivity contribution in [2.24, 2.45) is 0 Å². The Morgan fingerprint density at radius 3 is 1.88 bits per heavy atom. The van der Waals surface area contributed by atoms with E-state index in [2.05, 4.69) is 0 Å². The van der Waals surface area contributed by atoms with Gasteiger partial charge in [-0.25, -0.2) is 0 Å². The fourth-order valence-electron chi connectivity index (χ4n) is 4.35. The molecular weight excluding hydrogens is 464 g/mol. The van der Waals surface area contributed by atoms with Crippen molar-refractivity contribution in [2.75, 3.05) is 6.61 Å². The number of alkyl halides is 6. The van der Waals surface area contributed by atoms with E-state index in [0.29, 0.717) is 25.0 Å². The van der Waals surface area contributed by atoms with Crippen molar-refractivity contribution in [1.29, 1.82) is 0 Å². The predicted molar refractivity (Wildman–Crippen MR) is 113 cm³/mol. The molecule has 2 aromatic rings. The maximum Gasteiger partial charge on any atom is 0.416 e. The van der Waals surface area contributed by atoms with Crippen LogP contribution in [-0.4, -0.2) is 17.1 Å². The first-order valence-corrected chi connectivity index (χ1v) is 10.8. The fraction of sp³-hybridized carbons (Fsp3) is 0.500. The highest BCUT2D eigenvalue weighted by Gasteiger charge is 2.48. The van der Waals surface area contributed by atoms with Crippen LogP contribution >= 0.6 is 0 Å². The molecule has 0 radical (unpaired) electrons. The molecule has 10 heteroatoms. The third-order valence-corrected chi connectivity index (χ3v) is 6.80. The summed E-state index contributed by atoms with van der Waals surface area (Å²) in [5.41, 5.74) is -3.90. The van der Waals surface area contributed by atoms with E-state index in [1.54, 1.807) is 6.92 Å². The van der Waals surface area contributed by atoms with E-state index in [0.717, 1.165) is 5.56 Å². The van der Waals surface area contributed by atoms with Gasteiger partial charge in [-0.2, -0.15) is 26.3 Å². The quantitative estimate of drug-likeness (QED) is 0.242. The molecule has 0 spiro atoms. The third kappa shape index (κ3) is 5.54. The topological polar surface area (TPSA) is 52.4 Å². The Kier molecular flexibility index (Phi) is 7.04. The van der Waals surface area contributed by atoms with Crippen molar-refractivity contribution in [3.05, 3.63) is 80.9 Å². The van der Waals surface area contributed by atoms with Gasteiger partial charge >= 0.3 is 12.4 Å². The molecule has 2 aromatic carbocycles. The smallest absolute Gasteiger partial charge is 0.373 e. The molecule has 186 valence electrons. The van der Waals surface area contributed by atoms with Crippen LogP contribution in [0, 0.1) is 10.1 Å². The van der Waals surface area contributed by atoms with Crippen LogP contribution in [0.5, 0.6) is 0 Å². The first-order chi connectivity index (χ1) is 15.7. The predicted octanol–water partition coefficient (Wildman–Crippen LogP) is 7.35. The Morgan fingerprint density at radius 2 is 1.44 bits per heavy atom. The molecule has 4 nitrogen and oxygen atoms in total. The lowest BCUT2D eigenvalue weighted by molar-refractivity contribution is -0.571. The van der Waals surface area contributed by atoms with E-state index in [1.165, 1.54) is 6.92 Å². The highest BCUT2D eigenvalue weighted by Crippen LogP contribution is 2.45. The minimum Gasteiger partial charge on any atom is -0.373 e. The van der Waals surface area contributed by atoms with E-state index in [9.17, 15) is 36.5 Å². The Labute approximate surface area is 193 Å². The summed E-state index contributed by atoms with van der Waals surface area (Å²) in [6, 6.07) is 10.6. The zero-order valence-corrected chi connectivity index (χ0v) is 18.7. The average molecular weight is 489 g/mol. The number of benzene rings is 2. The molecule has 1 fully saturated rings. The van der Waals surface area contributed by atoms with Gasteiger partial charge in [0.25, 0.3) is 0 Å². The zero-order chi connectivity index (χ0) is 25.4. The lowest BCUT2D eigenvalue weighted by Crippen LogP contribution is -2.46. The van der Waals surface area contributed by atoms with Crippen molar-refractivity contribution < 1.29 is 36.0 Å². The van der Waals surface area contributed by atoms with Gasteiger partial charge in [0, 0.05) is 30.1 Å². The average Bonchev–Trinajstić information content (AvgIpc) is 2.78. The number of halogens is 6. The summed E-state index contributed by atoms with van der Waals surface area (Å²) in [7, 11) is 0. The van der Waals surface area contributed by atoms with Crippen LogP contribution in [0.4, 0.5) is 26.3 Å². The second-order valence-corrected chi connectivity index (χ2v) is 9.19. The van der Waals surface area contributed by atoms with Crippen LogP contribution in [0.3, 0.4) is 0 Å². The highest BCUT2D eigenvalue weighted by atomic mass is 19.4. The zero-order valence-electron chi connectivity index (χ0n) is 18.7. The molecule has 1 atom stereocenters. The molecule has 0 N–H and O–H groups in total. The lowest BCUT2D eigenvalue weighted by Gasteiger charge is -2.42. The van der Waals surface area contributed by atoms with Crippen LogP contribution in [0.2, 0.25) is 0 Å². The maximum absolute atomic E-state index is 13.2. The molecule has 1 aliphatic rings. The van der Waals surface area contributed by atoms with E-state index in [-0.39, 0.29) is 36.0 Å². The SMILES string of the molecule is C[C@@H](OC[C@]1(c2ccccc2)CC[C@](C)([N+](=O)[O-])CC1)c1cc(C(F)(F)F)cc(C(F)(F)F)c1. The summed E-state index contributed by atoms with van der Waals surface area (Å²) in [6.45, 7) is 2.98. The van der Waals surface area contributed by atoms with Crippen molar-refractivity contribution in [3.8, 4) is 0 Å². The van der Waals surface area contributed by atoms with Gasteiger partial charge in [0.15, 0.2) is 0 Å². The van der Waals surface area contributed by atoms with Crippen LogP contribution < -0.4 is 0 Å². The highest BCUT2D eigenvalue weighted by molar-refractivity contribution is 5.35. The molecule has 1 saturated carbocycles. The normalized spacial score (nSPS) is 24.6. The molecule has 34 heavy (non-hydrogen) atoms. The van der Waals surface area contributed by atoms with Gasteiger partial charge in [-0.1, -0.05) is 30.3 Å². The standard InChI is InChI=1S/C24H25F6NO3/c1-16(17-12-19(23(25,26)27)14-20(13-17)24(28,29)30)34-15-22(18-6-4-3-5-7-18)10-8-21(2,9-11-22)31(32)33/h3-7,12-14,16H,8-11,15H2,1-2H3/t16-,21-,22-/m1/s1. The van der Waals surface area contributed by atoms with Gasteiger partial charge in [-0.15, -0.1) is 0 Å². The molecule has 0 aliphatic heterocycles. The maximum atomic E-state index is 13.2. The second-order valence-electron chi connectivity index (χ2n) is 9.19. The Balaban J connectivity index is 1.89. The van der Waals surface area contributed by atoms with Gasteiger partial charge in [-0.05, 0) is 49.1 Å². The summed E-state index contributed by atoms with van der Waals surface area (Å²) in [5.74, 6) is 0. The van der Waals surface area contributed by atoms with E-state index >= 15 is 0 Å². The van der Waals surface area contributed by atoms with Crippen LogP contribution in [0.15, 0.2) is 48.5 Å². The Hall–Kier alpha value is -2.62. The minimum absolute atomic E-state index is 0.00354. The lowest BCUT2D eigenvalue weighted by atomic mass is 9.65. The first-order valence-electron chi connectivity index (χ1n) is 10.8. The number of rotatable bonds is 6. The molecule has 0 aromatic heterocycles. The molecule has 1 aliphatic carbocycles. The summed E-state index contributed by atoms with van der Waals surface area (Å²) >= 11 is 0. The van der Waals surface area contributed by atoms with Gasteiger partial charge in [-0.3, -0.25) is 10.1 Å². The van der Waals surface area contributed by atoms with Crippen LogP contribution in [-0.2, 0) is 22.5 Å². The molecule has 0 saturated heterocycles. The number of hydrogen-bond donors (Lipinski definition) is 0. The van der Waals surface area contributed by atoms with Crippen molar-refractivity contribution >= 4 is 0 Å². The monoisotopic (exact) mass is 489 g/mol. The summed E-state index contributed by atoms with van der Waals surface area (Å²) < 4.78 is 85.3. The number of ether oxygens (including phenoxy) is 1. The van der Waals surface area contributed by atoms with E-state index < -0.39 is 40.5 Å². The number of nitrogens with zero attached hydrogens (tertiary/aromatic N) is 1. The van der Waals surface area contributed by atoms with Gasteiger partial charge in [0.05, 0.1) is 23.8 Å². The van der Waals surface area contributed by atoms with Crippen LogP contribution in [0.25, 0.3) is 0 Å². The van der Waals surface area contributed by atoms with Gasteiger partial charge in [0.2, 0.25) is 5.54 Å². The fourth-order valence-corrected chi connectivity index (χ4v) is 4.35. The van der Waals surface area contributed by atoms with Crippen molar-refractivity contribution in [1.82, 2.24) is 0 Å². The van der Waals surface area contributed by atoms with Crippen molar-refractivity contribution in [2.45, 2.75) is 68.9 Å². The Morgan fingerprint density at radius 1 is 0.941 bits per heavy atom. The molecule has 0 bridgehead atoms. The third-order valence-electron chi connectivity index (χ3n) is 6.80. The first kappa shape index (κ1) is 26.0. The number of hydrogen-bond acceptors (Lipinski definition) is 3.